The monoisotopic (exact) mass is 239 g/mol. The lowest BCUT2D eigenvalue weighted by Crippen LogP contribution is -2.06. The SMILES string of the molecule is N#Cc1ccc(NCCc2cccc(O)c2)nc1. The average molecular weight is 239 g/mol. The Morgan fingerprint density at radius 2 is 2.17 bits per heavy atom. The van der Waals surface area contributed by atoms with E-state index in [9.17, 15) is 5.11 Å². The van der Waals surface area contributed by atoms with Gasteiger partial charge in [-0.15, -0.1) is 0 Å². The molecule has 1 heterocycles. The molecule has 0 saturated heterocycles. The summed E-state index contributed by atoms with van der Waals surface area (Å²) < 4.78 is 0. The van der Waals surface area contributed by atoms with Gasteiger partial charge in [-0.1, -0.05) is 12.1 Å². The number of nitriles is 1. The fourth-order valence-electron chi connectivity index (χ4n) is 1.61. The minimum Gasteiger partial charge on any atom is -0.508 e. The topological polar surface area (TPSA) is 68.9 Å². The minimum atomic E-state index is 0.281. The Balaban J connectivity index is 1.86. The third kappa shape index (κ3) is 3.22. The maximum absolute atomic E-state index is 9.32. The van der Waals surface area contributed by atoms with Gasteiger partial charge in [-0.05, 0) is 36.2 Å². The normalized spacial score (nSPS) is 9.72. The number of nitrogens with zero attached hydrogens (tertiary/aromatic N) is 2. The van der Waals surface area contributed by atoms with E-state index in [0.717, 1.165) is 24.3 Å². The van der Waals surface area contributed by atoms with Crippen molar-refractivity contribution >= 4 is 5.82 Å². The zero-order valence-corrected chi connectivity index (χ0v) is 9.80. The first kappa shape index (κ1) is 11.9. The molecule has 0 atom stereocenters. The van der Waals surface area contributed by atoms with Crippen LogP contribution in [0.1, 0.15) is 11.1 Å². The molecule has 4 nitrogen and oxygen atoms in total. The van der Waals surface area contributed by atoms with Gasteiger partial charge in [-0.3, -0.25) is 0 Å². The van der Waals surface area contributed by atoms with Crippen molar-refractivity contribution in [1.82, 2.24) is 4.98 Å². The zero-order valence-electron chi connectivity index (χ0n) is 9.80. The van der Waals surface area contributed by atoms with Crippen LogP contribution in [-0.2, 0) is 6.42 Å². The number of aromatic nitrogens is 1. The van der Waals surface area contributed by atoms with Crippen LogP contribution in [0.4, 0.5) is 5.82 Å². The Labute approximate surface area is 106 Å². The van der Waals surface area contributed by atoms with Gasteiger partial charge >= 0.3 is 0 Å². The van der Waals surface area contributed by atoms with E-state index in [0.29, 0.717) is 5.56 Å². The molecule has 0 spiro atoms. The van der Waals surface area contributed by atoms with Gasteiger partial charge in [-0.25, -0.2) is 4.98 Å². The highest BCUT2D eigenvalue weighted by molar-refractivity contribution is 5.39. The predicted molar refractivity (Wildman–Crippen MR) is 69.3 cm³/mol. The highest BCUT2D eigenvalue weighted by Gasteiger charge is 1.97. The third-order valence-corrected chi connectivity index (χ3v) is 2.52. The van der Waals surface area contributed by atoms with E-state index in [1.165, 1.54) is 6.20 Å². The van der Waals surface area contributed by atoms with Gasteiger partial charge in [0, 0.05) is 12.7 Å². The number of phenolic OH excluding ortho intramolecular Hbond substituents is 1. The molecule has 4 heteroatoms. The van der Waals surface area contributed by atoms with Crippen LogP contribution in [0.15, 0.2) is 42.6 Å². The maximum Gasteiger partial charge on any atom is 0.125 e. The van der Waals surface area contributed by atoms with Crippen LogP contribution in [0.2, 0.25) is 0 Å². The van der Waals surface area contributed by atoms with Crippen LogP contribution in [-0.4, -0.2) is 16.6 Å². The van der Waals surface area contributed by atoms with Crippen molar-refractivity contribution in [3.8, 4) is 11.8 Å². The molecule has 0 fully saturated rings. The molecule has 0 bridgehead atoms. The fourth-order valence-corrected chi connectivity index (χ4v) is 1.61. The molecule has 0 aliphatic carbocycles. The molecular formula is C14H13N3O. The summed E-state index contributed by atoms with van der Waals surface area (Å²) in [7, 11) is 0. The van der Waals surface area contributed by atoms with Crippen LogP contribution in [0.3, 0.4) is 0 Å². The number of hydrogen-bond acceptors (Lipinski definition) is 4. The summed E-state index contributed by atoms with van der Waals surface area (Å²) in [6.45, 7) is 0.725. The van der Waals surface area contributed by atoms with Crippen molar-refractivity contribution in [2.45, 2.75) is 6.42 Å². The van der Waals surface area contributed by atoms with E-state index in [2.05, 4.69) is 10.3 Å². The van der Waals surface area contributed by atoms with Gasteiger partial charge in [0.15, 0.2) is 0 Å². The van der Waals surface area contributed by atoms with Crippen molar-refractivity contribution < 1.29 is 5.11 Å². The minimum absolute atomic E-state index is 0.281. The summed E-state index contributed by atoms with van der Waals surface area (Å²) in [5, 5.41) is 21.1. The molecule has 0 aliphatic heterocycles. The van der Waals surface area contributed by atoms with Crippen molar-refractivity contribution in [3.05, 3.63) is 53.7 Å². The van der Waals surface area contributed by atoms with E-state index >= 15 is 0 Å². The van der Waals surface area contributed by atoms with Gasteiger partial charge in [-0.2, -0.15) is 5.26 Å². The summed E-state index contributed by atoms with van der Waals surface area (Å²) in [5.41, 5.74) is 1.62. The van der Waals surface area contributed by atoms with Crippen molar-refractivity contribution in [2.24, 2.45) is 0 Å². The maximum atomic E-state index is 9.32. The smallest absolute Gasteiger partial charge is 0.125 e. The number of nitrogens with one attached hydrogen (secondary N) is 1. The number of rotatable bonds is 4. The van der Waals surface area contributed by atoms with Crippen molar-refractivity contribution in [3.63, 3.8) is 0 Å². The van der Waals surface area contributed by atoms with Gasteiger partial charge in [0.25, 0.3) is 0 Å². The highest BCUT2D eigenvalue weighted by atomic mass is 16.3. The highest BCUT2D eigenvalue weighted by Crippen LogP contribution is 2.11. The molecule has 0 aliphatic rings. The van der Waals surface area contributed by atoms with Crippen LogP contribution < -0.4 is 5.32 Å². The van der Waals surface area contributed by atoms with Gasteiger partial charge in [0.05, 0.1) is 5.56 Å². The third-order valence-electron chi connectivity index (χ3n) is 2.52. The van der Waals surface area contributed by atoms with E-state index in [4.69, 9.17) is 5.26 Å². The van der Waals surface area contributed by atoms with Crippen LogP contribution in [0, 0.1) is 11.3 Å². The molecule has 2 aromatic rings. The predicted octanol–water partition coefficient (Wildman–Crippen LogP) is 2.31. The molecule has 90 valence electrons. The molecule has 0 saturated carbocycles. The second-order valence-electron chi connectivity index (χ2n) is 3.89. The van der Waals surface area contributed by atoms with Crippen LogP contribution in [0.25, 0.3) is 0 Å². The number of phenols is 1. The quantitative estimate of drug-likeness (QED) is 0.859. The summed E-state index contributed by atoms with van der Waals surface area (Å²) in [5.74, 6) is 1.03. The number of aromatic hydroxyl groups is 1. The fraction of sp³-hybridized carbons (Fsp3) is 0.143. The van der Waals surface area contributed by atoms with Crippen LogP contribution >= 0.6 is 0 Å². The van der Waals surface area contributed by atoms with E-state index < -0.39 is 0 Å². The van der Waals surface area contributed by atoms with Crippen molar-refractivity contribution in [1.29, 1.82) is 5.26 Å². The standard InChI is InChI=1S/C14H13N3O/c15-9-12-4-5-14(17-10-12)16-7-6-11-2-1-3-13(18)8-11/h1-5,8,10,18H,6-7H2,(H,16,17). The first-order valence-electron chi connectivity index (χ1n) is 5.66. The number of anilines is 1. The molecule has 1 aromatic carbocycles. The Morgan fingerprint density at radius 3 is 2.83 bits per heavy atom. The summed E-state index contributed by atoms with van der Waals surface area (Å²) >= 11 is 0. The molecule has 18 heavy (non-hydrogen) atoms. The summed E-state index contributed by atoms with van der Waals surface area (Å²) in [4.78, 5) is 4.12. The molecular weight excluding hydrogens is 226 g/mol. The lowest BCUT2D eigenvalue weighted by atomic mass is 10.1. The molecule has 2 rings (SSSR count). The van der Waals surface area contributed by atoms with E-state index in [-0.39, 0.29) is 5.75 Å². The lowest BCUT2D eigenvalue weighted by Gasteiger charge is -2.05. The summed E-state index contributed by atoms with van der Waals surface area (Å²) in [6, 6.07) is 12.7. The number of benzene rings is 1. The first-order valence-corrected chi connectivity index (χ1v) is 5.66. The van der Waals surface area contributed by atoms with Crippen LogP contribution in [0.5, 0.6) is 5.75 Å². The zero-order chi connectivity index (χ0) is 12.8. The Bertz CT molecular complexity index is 558. The Morgan fingerprint density at radius 1 is 1.28 bits per heavy atom. The first-order chi connectivity index (χ1) is 8.78. The van der Waals surface area contributed by atoms with Crippen molar-refractivity contribution in [2.75, 3.05) is 11.9 Å². The van der Waals surface area contributed by atoms with Gasteiger partial charge in [0.1, 0.15) is 17.6 Å². The van der Waals surface area contributed by atoms with E-state index in [1.807, 2.05) is 18.2 Å². The lowest BCUT2D eigenvalue weighted by molar-refractivity contribution is 0.474. The number of pyridine rings is 1. The summed E-state index contributed by atoms with van der Waals surface area (Å²) in [6.07, 6.45) is 2.34. The largest absolute Gasteiger partial charge is 0.508 e. The molecule has 2 N–H and O–H groups in total. The second-order valence-corrected chi connectivity index (χ2v) is 3.89. The molecule has 0 unspecified atom stereocenters. The average Bonchev–Trinajstić information content (AvgIpc) is 2.40. The van der Waals surface area contributed by atoms with Gasteiger partial charge in [0.2, 0.25) is 0 Å². The Kier molecular flexibility index (Phi) is 3.77. The van der Waals surface area contributed by atoms with Gasteiger partial charge < -0.3 is 10.4 Å². The number of hydrogen-bond donors (Lipinski definition) is 2. The second kappa shape index (κ2) is 5.69. The molecule has 0 radical (unpaired) electrons. The van der Waals surface area contributed by atoms with E-state index in [1.54, 1.807) is 24.3 Å². The molecule has 1 aromatic heterocycles. The Hall–Kier alpha value is -2.54. The molecule has 0 amide bonds.